The van der Waals surface area contributed by atoms with Crippen LogP contribution in [0.1, 0.15) is 37.3 Å². The maximum absolute atomic E-state index is 12.7. The largest absolute Gasteiger partial charge is 0.493 e. The summed E-state index contributed by atoms with van der Waals surface area (Å²) < 4.78 is 11.1. The maximum Gasteiger partial charge on any atom is 0.224 e. The fourth-order valence-corrected chi connectivity index (χ4v) is 3.74. The van der Waals surface area contributed by atoms with Gasteiger partial charge in [0.1, 0.15) is 0 Å². The van der Waals surface area contributed by atoms with Crippen LogP contribution in [0.5, 0.6) is 11.5 Å². The van der Waals surface area contributed by atoms with E-state index in [1.807, 2.05) is 24.3 Å². The second-order valence-electron chi connectivity index (χ2n) is 7.61. The average Bonchev–Trinajstić information content (AvgIpc) is 2.77. The Balaban J connectivity index is 1.52. The Hall–Kier alpha value is -2.53. The summed E-state index contributed by atoms with van der Waals surface area (Å²) >= 11 is 0. The fourth-order valence-electron chi connectivity index (χ4n) is 3.74. The molecule has 1 atom stereocenters. The highest BCUT2D eigenvalue weighted by Crippen LogP contribution is 2.28. The minimum Gasteiger partial charge on any atom is -0.493 e. The van der Waals surface area contributed by atoms with E-state index in [1.54, 1.807) is 7.11 Å². The molecule has 1 amide bonds. The molecule has 1 N–H and O–H groups in total. The summed E-state index contributed by atoms with van der Waals surface area (Å²) in [4.78, 5) is 15.1. The Morgan fingerprint density at radius 1 is 1.14 bits per heavy atom. The smallest absolute Gasteiger partial charge is 0.224 e. The van der Waals surface area contributed by atoms with Crippen molar-refractivity contribution in [1.29, 1.82) is 0 Å². The summed E-state index contributed by atoms with van der Waals surface area (Å²) in [6, 6.07) is 16.3. The third-order valence-electron chi connectivity index (χ3n) is 5.28. The number of nitrogens with one attached hydrogen (secondary N) is 1. The molecule has 2 aromatic rings. The lowest BCUT2D eigenvalue weighted by atomic mass is 9.96. The van der Waals surface area contributed by atoms with Crippen molar-refractivity contribution in [3.05, 3.63) is 59.7 Å². The molecule has 0 spiro atoms. The number of amides is 1. The summed E-state index contributed by atoms with van der Waals surface area (Å²) in [5.41, 5.74) is 2.31. The van der Waals surface area contributed by atoms with E-state index < -0.39 is 0 Å². The van der Waals surface area contributed by atoms with Crippen LogP contribution in [0.2, 0.25) is 0 Å². The van der Waals surface area contributed by atoms with Gasteiger partial charge in [0.05, 0.1) is 19.6 Å². The van der Waals surface area contributed by atoms with Crippen molar-refractivity contribution >= 4 is 5.91 Å². The highest BCUT2D eigenvalue weighted by atomic mass is 16.5. The fraction of sp³-hybridized carbons (Fsp3) is 0.458. The summed E-state index contributed by atoms with van der Waals surface area (Å²) in [6.07, 6.45) is 2.95. The van der Waals surface area contributed by atoms with Gasteiger partial charge in [-0.1, -0.05) is 43.3 Å². The van der Waals surface area contributed by atoms with E-state index in [-0.39, 0.29) is 11.8 Å². The molecule has 2 aromatic carbocycles. The second-order valence-corrected chi connectivity index (χ2v) is 7.61. The molecule has 0 aromatic heterocycles. The van der Waals surface area contributed by atoms with Crippen molar-refractivity contribution < 1.29 is 14.3 Å². The molecule has 0 radical (unpaired) electrons. The number of rotatable bonds is 9. The molecule has 1 unspecified atom stereocenters. The van der Waals surface area contributed by atoms with Crippen molar-refractivity contribution in [3.63, 3.8) is 0 Å². The first-order valence-corrected chi connectivity index (χ1v) is 10.5. The lowest BCUT2D eigenvalue weighted by molar-refractivity contribution is -0.126. The molecular weight excluding hydrogens is 364 g/mol. The van der Waals surface area contributed by atoms with E-state index in [4.69, 9.17) is 9.47 Å². The molecule has 1 heterocycles. The Morgan fingerprint density at radius 3 is 2.72 bits per heavy atom. The van der Waals surface area contributed by atoms with Crippen LogP contribution in [0.25, 0.3) is 0 Å². The van der Waals surface area contributed by atoms with E-state index in [1.165, 1.54) is 5.56 Å². The molecule has 0 saturated carbocycles. The van der Waals surface area contributed by atoms with Gasteiger partial charge in [0.2, 0.25) is 5.91 Å². The number of methoxy groups -OCH3 is 1. The lowest BCUT2D eigenvalue weighted by Crippen LogP contribution is -2.42. The molecule has 0 aliphatic carbocycles. The zero-order valence-electron chi connectivity index (χ0n) is 17.5. The molecule has 1 saturated heterocycles. The quantitative estimate of drug-likeness (QED) is 0.696. The molecule has 0 bridgehead atoms. The number of carbonyl (C=O) groups excluding carboxylic acids is 1. The number of likely N-dealkylation sites (tertiary alicyclic amines) is 1. The minimum absolute atomic E-state index is 0.0431. The van der Waals surface area contributed by atoms with Gasteiger partial charge in [0.15, 0.2) is 11.5 Å². The Bertz CT molecular complexity index is 779. The zero-order chi connectivity index (χ0) is 20.5. The van der Waals surface area contributed by atoms with Crippen LogP contribution in [-0.4, -0.2) is 37.6 Å². The Labute approximate surface area is 174 Å². The second kappa shape index (κ2) is 10.9. The predicted octanol–water partition coefficient (Wildman–Crippen LogP) is 4.01. The van der Waals surface area contributed by atoms with E-state index in [0.717, 1.165) is 50.2 Å². The van der Waals surface area contributed by atoms with Crippen molar-refractivity contribution in [3.8, 4) is 11.5 Å². The first-order chi connectivity index (χ1) is 14.2. The van der Waals surface area contributed by atoms with Crippen LogP contribution >= 0.6 is 0 Å². The molecule has 3 rings (SSSR count). The van der Waals surface area contributed by atoms with Gasteiger partial charge in [-0.2, -0.15) is 0 Å². The molecule has 1 fully saturated rings. The van der Waals surface area contributed by atoms with Crippen LogP contribution in [0, 0.1) is 5.92 Å². The third-order valence-corrected chi connectivity index (χ3v) is 5.28. The molecule has 1 aliphatic heterocycles. The zero-order valence-corrected chi connectivity index (χ0v) is 17.5. The van der Waals surface area contributed by atoms with Gasteiger partial charge in [-0.25, -0.2) is 0 Å². The lowest BCUT2D eigenvalue weighted by Gasteiger charge is -2.32. The standard InChI is InChI=1S/C24H32N2O3/c1-3-14-29-22-12-11-20(15-23(22)28-2)16-25-24(27)21-10-7-13-26(18-21)17-19-8-5-4-6-9-19/h4-6,8-9,11-12,15,21H,3,7,10,13-14,16-18H2,1-2H3,(H,25,27). The summed E-state index contributed by atoms with van der Waals surface area (Å²) in [5.74, 6) is 1.62. The molecular formula is C24H32N2O3. The number of nitrogens with zero attached hydrogens (tertiary/aromatic N) is 1. The van der Waals surface area contributed by atoms with Gasteiger partial charge >= 0.3 is 0 Å². The first-order valence-electron chi connectivity index (χ1n) is 10.5. The number of piperidine rings is 1. The number of hydrogen-bond donors (Lipinski definition) is 1. The van der Waals surface area contributed by atoms with Crippen LogP contribution < -0.4 is 14.8 Å². The number of benzene rings is 2. The summed E-state index contributed by atoms with van der Waals surface area (Å²) in [6.45, 7) is 6.00. The van der Waals surface area contributed by atoms with E-state index in [9.17, 15) is 4.79 Å². The van der Waals surface area contributed by atoms with Gasteiger partial charge < -0.3 is 14.8 Å². The Kier molecular flexibility index (Phi) is 7.94. The normalized spacial score (nSPS) is 17.0. The van der Waals surface area contributed by atoms with Gasteiger partial charge in [-0.15, -0.1) is 0 Å². The average molecular weight is 397 g/mol. The molecule has 29 heavy (non-hydrogen) atoms. The van der Waals surface area contributed by atoms with E-state index >= 15 is 0 Å². The van der Waals surface area contributed by atoms with Gasteiger partial charge in [-0.05, 0) is 49.1 Å². The summed E-state index contributed by atoms with van der Waals surface area (Å²) in [5, 5.41) is 3.11. The SMILES string of the molecule is CCCOc1ccc(CNC(=O)C2CCCN(Cc3ccccc3)C2)cc1OC. The summed E-state index contributed by atoms with van der Waals surface area (Å²) in [7, 11) is 1.64. The van der Waals surface area contributed by atoms with Crippen molar-refractivity contribution in [2.24, 2.45) is 5.92 Å². The maximum atomic E-state index is 12.7. The topological polar surface area (TPSA) is 50.8 Å². The predicted molar refractivity (Wildman–Crippen MR) is 115 cm³/mol. The van der Waals surface area contributed by atoms with Crippen LogP contribution in [-0.2, 0) is 17.9 Å². The van der Waals surface area contributed by atoms with Gasteiger partial charge in [0, 0.05) is 19.6 Å². The highest BCUT2D eigenvalue weighted by molar-refractivity contribution is 5.79. The van der Waals surface area contributed by atoms with Crippen LogP contribution in [0.4, 0.5) is 0 Å². The number of ether oxygens (including phenoxy) is 2. The van der Waals surface area contributed by atoms with Gasteiger partial charge in [-0.3, -0.25) is 9.69 Å². The van der Waals surface area contributed by atoms with Crippen molar-refractivity contribution in [2.45, 2.75) is 39.3 Å². The highest BCUT2D eigenvalue weighted by Gasteiger charge is 2.25. The third kappa shape index (κ3) is 6.23. The van der Waals surface area contributed by atoms with E-state index in [0.29, 0.717) is 18.9 Å². The van der Waals surface area contributed by atoms with E-state index in [2.05, 4.69) is 41.4 Å². The first kappa shape index (κ1) is 21.2. The molecule has 156 valence electrons. The monoisotopic (exact) mass is 396 g/mol. The number of hydrogen-bond acceptors (Lipinski definition) is 4. The molecule has 5 heteroatoms. The van der Waals surface area contributed by atoms with Gasteiger partial charge in [0.25, 0.3) is 0 Å². The van der Waals surface area contributed by atoms with Crippen molar-refractivity contribution in [2.75, 3.05) is 26.8 Å². The molecule has 5 nitrogen and oxygen atoms in total. The van der Waals surface area contributed by atoms with Crippen LogP contribution in [0.15, 0.2) is 48.5 Å². The Morgan fingerprint density at radius 2 is 1.97 bits per heavy atom. The minimum atomic E-state index is 0.0431. The van der Waals surface area contributed by atoms with Crippen molar-refractivity contribution in [1.82, 2.24) is 10.2 Å². The number of carbonyl (C=O) groups is 1. The molecule has 1 aliphatic rings. The van der Waals surface area contributed by atoms with Crippen LogP contribution in [0.3, 0.4) is 0 Å².